The van der Waals surface area contributed by atoms with Crippen LogP contribution < -0.4 is 0 Å². The van der Waals surface area contributed by atoms with Crippen LogP contribution in [0.2, 0.25) is 0 Å². The molecule has 0 radical (unpaired) electrons. The van der Waals surface area contributed by atoms with Crippen LogP contribution in [0.1, 0.15) is 69.9 Å². The van der Waals surface area contributed by atoms with Crippen LogP contribution in [0, 0.1) is 23.7 Å². The summed E-state index contributed by atoms with van der Waals surface area (Å²) < 4.78 is 0. The molecule has 0 heterocycles. The Morgan fingerprint density at radius 3 is 1.86 bits per heavy atom. The minimum atomic E-state index is -0.0988. The van der Waals surface area contributed by atoms with E-state index in [-0.39, 0.29) is 11.2 Å². The second kappa shape index (κ2) is 4.66. The van der Waals surface area contributed by atoms with Gasteiger partial charge in [-0.25, -0.2) is 0 Å². The summed E-state index contributed by atoms with van der Waals surface area (Å²) in [5, 5.41) is 20.7. The van der Waals surface area contributed by atoms with Crippen LogP contribution in [-0.4, -0.2) is 10.2 Å². The standard InChI is InChI=1S/C20H28O2/c1-20(2,3)16-9-15(17(21)10-18(16)22)19-13-5-11-4-12(7-13)8-14(19)6-11/h9-14,19,21-22H,4-8H2,1-3H3. The molecule has 4 aliphatic carbocycles. The van der Waals surface area contributed by atoms with E-state index < -0.39 is 0 Å². The third-order valence-corrected chi connectivity index (χ3v) is 6.54. The Morgan fingerprint density at radius 2 is 1.36 bits per heavy atom. The Kier molecular flexibility index (Phi) is 3.05. The van der Waals surface area contributed by atoms with Crippen molar-refractivity contribution in [1.29, 1.82) is 0 Å². The number of aromatic hydroxyl groups is 2. The molecule has 4 bridgehead atoms. The van der Waals surface area contributed by atoms with Gasteiger partial charge in [0.2, 0.25) is 0 Å². The molecule has 2 heteroatoms. The maximum Gasteiger partial charge on any atom is 0.123 e. The highest BCUT2D eigenvalue weighted by molar-refractivity contribution is 5.50. The van der Waals surface area contributed by atoms with E-state index in [0.29, 0.717) is 11.7 Å². The lowest BCUT2D eigenvalue weighted by Crippen LogP contribution is -2.43. The monoisotopic (exact) mass is 300 g/mol. The van der Waals surface area contributed by atoms with Gasteiger partial charge in [-0.05, 0) is 84.3 Å². The molecule has 0 aromatic heterocycles. The first-order chi connectivity index (χ1) is 10.3. The predicted octanol–water partition coefficient (Wildman–Crippen LogP) is 4.94. The normalized spacial score (nSPS) is 36.8. The fraction of sp³-hybridized carbons (Fsp3) is 0.700. The third-order valence-electron chi connectivity index (χ3n) is 6.54. The Labute approximate surface area is 133 Å². The first-order valence-corrected chi connectivity index (χ1v) is 8.89. The van der Waals surface area contributed by atoms with Gasteiger partial charge in [0.05, 0.1) is 0 Å². The maximum absolute atomic E-state index is 10.5. The van der Waals surface area contributed by atoms with Crippen molar-refractivity contribution in [1.82, 2.24) is 0 Å². The second-order valence-corrected chi connectivity index (χ2v) is 9.13. The summed E-state index contributed by atoms with van der Waals surface area (Å²) >= 11 is 0. The van der Waals surface area contributed by atoms with Crippen molar-refractivity contribution in [2.45, 2.75) is 64.2 Å². The van der Waals surface area contributed by atoms with Crippen molar-refractivity contribution < 1.29 is 10.2 Å². The third kappa shape index (κ3) is 2.14. The smallest absolute Gasteiger partial charge is 0.123 e. The molecule has 1 aromatic rings. The summed E-state index contributed by atoms with van der Waals surface area (Å²) in [6.07, 6.45) is 6.85. The van der Waals surface area contributed by atoms with Gasteiger partial charge in [0.1, 0.15) is 11.5 Å². The molecule has 120 valence electrons. The first-order valence-electron chi connectivity index (χ1n) is 8.89. The molecule has 0 atom stereocenters. The van der Waals surface area contributed by atoms with Crippen LogP contribution in [0.3, 0.4) is 0 Å². The van der Waals surface area contributed by atoms with Crippen LogP contribution in [0.25, 0.3) is 0 Å². The van der Waals surface area contributed by atoms with Crippen molar-refractivity contribution in [3.63, 3.8) is 0 Å². The molecule has 0 amide bonds. The van der Waals surface area contributed by atoms with E-state index in [1.807, 2.05) is 0 Å². The summed E-state index contributed by atoms with van der Waals surface area (Å²) in [7, 11) is 0. The summed E-state index contributed by atoms with van der Waals surface area (Å²) in [5.74, 6) is 4.44. The van der Waals surface area contributed by atoms with Gasteiger partial charge in [0.25, 0.3) is 0 Å². The van der Waals surface area contributed by atoms with Gasteiger partial charge in [-0.15, -0.1) is 0 Å². The van der Waals surface area contributed by atoms with Crippen molar-refractivity contribution in [3.05, 3.63) is 23.3 Å². The van der Waals surface area contributed by atoms with Gasteiger partial charge in [0, 0.05) is 6.07 Å². The van der Waals surface area contributed by atoms with E-state index in [1.54, 1.807) is 6.07 Å². The van der Waals surface area contributed by atoms with Crippen LogP contribution in [-0.2, 0) is 5.41 Å². The highest BCUT2D eigenvalue weighted by atomic mass is 16.3. The molecule has 0 unspecified atom stereocenters. The topological polar surface area (TPSA) is 40.5 Å². The van der Waals surface area contributed by atoms with Crippen LogP contribution >= 0.6 is 0 Å². The number of rotatable bonds is 1. The fourth-order valence-corrected chi connectivity index (χ4v) is 5.89. The van der Waals surface area contributed by atoms with Gasteiger partial charge in [-0.1, -0.05) is 20.8 Å². The quantitative estimate of drug-likeness (QED) is 0.771. The largest absolute Gasteiger partial charge is 0.508 e. The molecular formula is C20H28O2. The van der Waals surface area contributed by atoms with Gasteiger partial charge in [0.15, 0.2) is 0 Å². The van der Waals surface area contributed by atoms with Crippen molar-refractivity contribution in [2.75, 3.05) is 0 Å². The summed E-state index contributed by atoms with van der Waals surface area (Å²) in [5.41, 5.74) is 1.98. The number of benzene rings is 1. The molecule has 2 nitrogen and oxygen atoms in total. The zero-order valence-electron chi connectivity index (χ0n) is 14.0. The predicted molar refractivity (Wildman–Crippen MR) is 88.3 cm³/mol. The van der Waals surface area contributed by atoms with Gasteiger partial charge < -0.3 is 10.2 Å². The van der Waals surface area contributed by atoms with Gasteiger partial charge >= 0.3 is 0 Å². The lowest BCUT2D eigenvalue weighted by Gasteiger charge is -2.54. The molecule has 2 N–H and O–H groups in total. The minimum absolute atomic E-state index is 0.0988. The highest BCUT2D eigenvalue weighted by Crippen LogP contribution is 2.61. The number of phenols is 2. The minimum Gasteiger partial charge on any atom is -0.508 e. The molecular weight excluding hydrogens is 272 g/mol. The average molecular weight is 300 g/mol. The summed E-state index contributed by atoms with van der Waals surface area (Å²) in [4.78, 5) is 0. The second-order valence-electron chi connectivity index (χ2n) is 9.13. The molecule has 1 aromatic carbocycles. The van der Waals surface area contributed by atoms with E-state index in [0.717, 1.165) is 34.8 Å². The zero-order valence-corrected chi connectivity index (χ0v) is 14.0. The van der Waals surface area contributed by atoms with Crippen molar-refractivity contribution in [3.8, 4) is 11.5 Å². The summed E-state index contributed by atoms with van der Waals surface area (Å²) in [6.45, 7) is 6.37. The Morgan fingerprint density at radius 1 is 0.818 bits per heavy atom. The lowest BCUT2D eigenvalue weighted by atomic mass is 9.50. The van der Waals surface area contributed by atoms with Crippen LogP contribution in [0.15, 0.2) is 12.1 Å². The zero-order chi connectivity index (χ0) is 15.6. The van der Waals surface area contributed by atoms with Gasteiger partial charge in [-0.3, -0.25) is 0 Å². The maximum atomic E-state index is 10.5. The van der Waals surface area contributed by atoms with E-state index >= 15 is 0 Å². The van der Waals surface area contributed by atoms with E-state index in [1.165, 1.54) is 32.1 Å². The van der Waals surface area contributed by atoms with Crippen LogP contribution in [0.4, 0.5) is 0 Å². The number of hydrogen-bond donors (Lipinski definition) is 2. The number of phenolic OH excluding ortho intramolecular Hbond substituents is 2. The van der Waals surface area contributed by atoms with E-state index in [2.05, 4.69) is 26.8 Å². The molecule has 4 fully saturated rings. The molecule has 5 rings (SSSR count). The van der Waals surface area contributed by atoms with Crippen molar-refractivity contribution >= 4 is 0 Å². The number of hydrogen-bond acceptors (Lipinski definition) is 2. The molecule has 0 aliphatic heterocycles. The Bertz CT molecular complexity index is 568. The Balaban J connectivity index is 1.76. The Hall–Kier alpha value is -1.18. The molecule has 0 spiro atoms. The molecule has 0 saturated heterocycles. The highest BCUT2D eigenvalue weighted by Gasteiger charge is 2.49. The van der Waals surface area contributed by atoms with Crippen molar-refractivity contribution in [2.24, 2.45) is 23.7 Å². The first kappa shape index (κ1) is 14.4. The van der Waals surface area contributed by atoms with Gasteiger partial charge in [-0.2, -0.15) is 0 Å². The average Bonchev–Trinajstić information content (AvgIpc) is 2.38. The fourth-order valence-electron chi connectivity index (χ4n) is 5.89. The molecule has 22 heavy (non-hydrogen) atoms. The summed E-state index contributed by atoms with van der Waals surface area (Å²) in [6, 6.07) is 3.69. The SMILES string of the molecule is CC(C)(C)c1cc(C2C3CC4CC(C3)CC2C4)c(O)cc1O. The van der Waals surface area contributed by atoms with Crippen LogP contribution in [0.5, 0.6) is 11.5 Å². The lowest BCUT2D eigenvalue weighted by molar-refractivity contribution is -0.00353. The molecule has 4 aliphatic rings. The molecule has 4 saturated carbocycles. The van der Waals surface area contributed by atoms with E-state index in [9.17, 15) is 10.2 Å². The van der Waals surface area contributed by atoms with E-state index in [4.69, 9.17) is 0 Å².